The minimum Gasteiger partial charge on any atom is -0.497 e. The summed E-state index contributed by atoms with van der Waals surface area (Å²) in [6.45, 7) is 0. The summed E-state index contributed by atoms with van der Waals surface area (Å²) in [4.78, 5) is 39.3. The number of carbonyl (C=O) groups excluding carboxylic acids is 2. The van der Waals surface area contributed by atoms with Gasteiger partial charge in [0.25, 0.3) is 11.5 Å². The van der Waals surface area contributed by atoms with E-state index >= 15 is 0 Å². The first-order valence-electron chi connectivity index (χ1n) is 10.0. The Kier molecular flexibility index (Phi) is 6.01. The number of anilines is 1. The third-order valence-corrected chi connectivity index (χ3v) is 5.66. The van der Waals surface area contributed by atoms with Crippen LogP contribution >= 0.6 is 11.6 Å². The predicted octanol–water partition coefficient (Wildman–Crippen LogP) is 4.28. The number of ether oxygens (including phenoxy) is 2. The van der Waals surface area contributed by atoms with E-state index in [1.54, 1.807) is 42.5 Å². The number of rotatable bonds is 5. The number of fused-ring (bicyclic) bond motifs is 1. The van der Waals surface area contributed by atoms with Crippen molar-refractivity contribution in [2.45, 2.75) is 19.3 Å². The maximum Gasteiger partial charge on any atom is 0.268 e. The molecule has 0 saturated heterocycles. The molecule has 164 valence electrons. The van der Waals surface area contributed by atoms with Gasteiger partial charge in [0.05, 0.1) is 19.9 Å². The lowest BCUT2D eigenvalue weighted by molar-refractivity contribution is 0.0971. The summed E-state index contributed by atoms with van der Waals surface area (Å²) in [5.41, 5.74) is 1.22. The Morgan fingerprint density at radius 2 is 1.75 bits per heavy atom. The molecule has 8 heteroatoms. The molecule has 4 rings (SSSR count). The number of methoxy groups -OCH3 is 2. The molecule has 0 bridgehead atoms. The van der Waals surface area contributed by atoms with E-state index in [0.29, 0.717) is 58.4 Å². The zero-order chi connectivity index (χ0) is 22.8. The quantitative estimate of drug-likeness (QED) is 0.624. The van der Waals surface area contributed by atoms with Crippen LogP contribution in [0.3, 0.4) is 0 Å². The number of ketones is 1. The first-order chi connectivity index (χ1) is 15.4. The smallest absolute Gasteiger partial charge is 0.268 e. The van der Waals surface area contributed by atoms with Crippen molar-refractivity contribution in [3.63, 3.8) is 0 Å². The normalized spacial score (nSPS) is 12.8. The average Bonchev–Trinajstić information content (AvgIpc) is 2.79. The van der Waals surface area contributed by atoms with Crippen LogP contribution in [0.1, 0.15) is 39.3 Å². The molecule has 0 saturated carbocycles. The van der Waals surface area contributed by atoms with Gasteiger partial charge in [-0.3, -0.25) is 19.0 Å². The summed E-state index contributed by atoms with van der Waals surface area (Å²) in [7, 11) is 2.98. The highest BCUT2D eigenvalue weighted by Gasteiger charge is 2.26. The first-order valence-corrected chi connectivity index (χ1v) is 10.4. The standard InChI is InChI=1S/C24H21ClN2O5/c1-31-16-10-11-22(32-2)19(12-16)26-23(29)18-13-17-20(4-3-5-21(17)28)27(24(18)30)15-8-6-14(25)7-9-15/h6-13H,3-5H2,1-2H3,(H,26,29). The summed E-state index contributed by atoms with van der Waals surface area (Å²) in [5, 5.41) is 3.23. The number of benzene rings is 2. The number of aromatic nitrogens is 1. The highest BCUT2D eigenvalue weighted by Crippen LogP contribution is 2.30. The van der Waals surface area contributed by atoms with Crippen molar-refractivity contribution in [1.82, 2.24) is 4.57 Å². The van der Waals surface area contributed by atoms with Crippen LogP contribution in [0, 0.1) is 0 Å². The van der Waals surface area contributed by atoms with E-state index in [1.807, 2.05) is 0 Å². The molecule has 0 aliphatic heterocycles. The maximum absolute atomic E-state index is 13.4. The van der Waals surface area contributed by atoms with Gasteiger partial charge in [-0.15, -0.1) is 0 Å². The van der Waals surface area contributed by atoms with E-state index in [0.717, 1.165) is 0 Å². The summed E-state index contributed by atoms with van der Waals surface area (Å²) in [5.74, 6) is 0.180. The molecule has 0 atom stereocenters. The molecule has 1 aliphatic rings. The Morgan fingerprint density at radius 1 is 1.00 bits per heavy atom. The summed E-state index contributed by atoms with van der Waals surface area (Å²) < 4.78 is 11.9. The third kappa shape index (κ3) is 3.99. The Hall–Kier alpha value is -3.58. The lowest BCUT2D eigenvalue weighted by Crippen LogP contribution is -2.33. The maximum atomic E-state index is 13.4. The van der Waals surface area contributed by atoms with Gasteiger partial charge in [-0.2, -0.15) is 0 Å². The van der Waals surface area contributed by atoms with Crippen molar-refractivity contribution in [2.24, 2.45) is 0 Å². The molecule has 0 fully saturated rings. The first kappa shape index (κ1) is 21.6. The molecule has 1 heterocycles. The van der Waals surface area contributed by atoms with E-state index in [-0.39, 0.29) is 11.3 Å². The Bertz CT molecular complexity index is 1260. The lowest BCUT2D eigenvalue weighted by Gasteiger charge is -2.22. The molecule has 0 unspecified atom stereocenters. The molecular weight excluding hydrogens is 432 g/mol. The van der Waals surface area contributed by atoms with Crippen LogP contribution in [-0.2, 0) is 6.42 Å². The summed E-state index contributed by atoms with van der Waals surface area (Å²) in [6.07, 6.45) is 1.58. The Labute approximate surface area is 189 Å². The van der Waals surface area contributed by atoms with Gasteiger partial charge < -0.3 is 14.8 Å². The van der Waals surface area contributed by atoms with Gasteiger partial charge in [0.15, 0.2) is 5.78 Å². The minimum absolute atomic E-state index is 0.0954. The highest BCUT2D eigenvalue weighted by atomic mass is 35.5. The topological polar surface area (TPSA) is 86.6 Å². The molecule has 2 aromatic carbocycles. The molecule has 1 aromatic heterocycles. The molecule has 0 spiro atoms. The van der Waals surface area contributed by atoms with E-state index < -0.39 is 11.5 Å². The largest absolute Gasteiger partial charge is 0.497 e. The van der Waals surface area contributed by atoms with E-state index in [9.17, 15) is 14.4 Å². The number of amides is 1. The van der Waals surface area contributed by atoms with Crippen LogP contribution in [-0.4, -0.2) is 30.5 Å². The van der Waals surface area contributed by atoms with Gasteiger partial charge >= 0.3 is 0 Å². The zero-order valence-corrected chi connectivity index (χ0v) is 18.4. The number of nitrogens with zero attached hydrogens (tertiary/aromatic N) is 1. The fourth-order valence-corrected chi connectivity index (χ4v) is 3.95. The molecule has 1 N–H and O–H groups in total. The van der Waals surface area contributed by atoms with Crippen LogP contribution in [0.15, 0.2) is 53.3 Å². The highest BCUT2D eigenvalue weighted by molar-refractivity contribution is 6.30. The van der Waals surface area contributed by atoms with Gasteiger partial charge in [-0.25, -0.2) is 0 Å². The van der Waals surface area contributed by atoms with Crippen molar-refractivity contribution < 1.29 is 19.1 Å². The van der Waals surface area contributed by atoms with Crippen molar-refractivity contribution in [2.75, 3.05) is 19.5 Å². The molecule has 32 heavy (non-hydrogen) atoms. The van der Waals surface area contributed by atoms with Crippen molar-refractivity contribution in [3.8, 4) is 17.2 Å². The van der Waals surface area contributed by atoms with Gasteiger partial charge in [-0.1, -0.05) is 11.6 Å². The predicted molar refractivity (Wildman–Crippen MR) is 122 cm³/mol. The molecule has 7 nitrogen and oxygen atoms in total. The van der Waals surface area contributed by atoms with Crippen LogP contribution in [0.5, 0.6) is 11.5 Å². The number of Topliss-reactive ketones (excluding diaryl/α,β-unsaturated/α-hetero) is 1. The number of hydrogen-bond acceptors (Lipinski definition) is 5. The Morgan fingerprint density at radius 3 is 2.44 bits per heavy atom. The lowest BCUT2D eigenvalue weighted by atomic mass is 9.92. The SMILES string of the molecule is COc1ccc(OC)c(NC(=O)c2cc3c(n(-c4ccc(Cl)cc4)c2=O)CCCC3=O)c1. The number of nitrogens with one attached hydrogen (secondary N) is 1. The third-order valence-electron chi connectivity index (χ3n) is 5.41. The summed E-state index contributed by atoms with van der Waals surface area (Å²) in [6, 6.07) is 13.0. The number of pyridine rings is 1. The fraction of sp³-hybridized carbons (Fsp3) is 0.208. The average molecular weight is 453 g/mol. The van der Waals surface area contributed by atoms with Crippen molar-refractivity contribution >= 4 is 29.0 Å². The monoisotopic (exact) mass is 452 g/mol. The summed E-state index contributed by atoms with van der Waals surface area (Å²) >= 11 is 6.00. The molecular formula is C24H21ClN2O5. The molecule has 1 aliphatic carbocycles. The van der Waals surface area contributed by atoms with E-state index in [1.165, 1.54) is 24.9 Å². The van der Waals surface area contributed by atoms with Crippen LogP contribution in [0.4, 0.5) is 5.69 Å². The van der Waals surface area contributed by atoms with E-state index in [4.69, 9.17) is 21.1 Å². The van der Waals surface area contributed by atoms with Crippen LogP contribution in [0.25, 0.3) is 5.69 Å². The van der Waals surface area contributed by atoms with Gasteiger partial charge in [0.1, 0.15) is 17.1 Å². The van der Waals surface area contributed by atoms with Crippen molar-refractivity contribution in [3.05, 3.63) is 80.7 Å². The number of hydrogen-bond donors (Lipinski definition) is 1. The van der Waals surface area contributed by atoms with Crippen molar-refractivity contribution in [1.29, 1.82) is 0 Å². The van der Waals surface area contributed by atoms with Gasteiger partial charge in [0, 0.05) is 34.5 Å². The second-order valence-electron chi connectivity index (χ2n) is 7.33. The minimum atomic E-state index is -0.648. The molecule has 1 amide bonds. The Balaban J connectivity index is 1.85. The van der Waals surface area contributed by atoms with Crippen LogP contribution < -0.4 is 20.3 Å². The zero-order valence-electron chi connectivity index (χ0n) is 17.6. The number of carbonyl (C=O) groups is 2. The second-order valence-corrected chi connectivity index (χ2v) is 7.77. The molecule has 0 radical (unpaired) electrons. The van der Waals surface area contributed by atoms with Gasteiger partial charge in [0.2, 0.25) is 0 Å². The molecule has 3 aromatic rings. The second kappa shape index (κ2) is 8.88. The number of halogens is 1. The van der Waals surface area contributed by atoms with Gasteiger partial charge in [-0.05, 0) is 55.3 Å². The van der Waals surface area contributed by atoms with Crippen LogP contribution in [0.2, 0.25) is 5.02 Å². The fourth-order valence-electron chi connectivity index (χ4n) is 3.82. The van der Waals surface area contributed by atoms with E-state index in [2.05, 4.69) is 5.32 Å².